The van der Waals surface area contributed by atoms with Gasteiger partial charge in [0, 0.05) is 11.8 Å². The number of allylic oxidation sites excluding steroid dienone is 1. The number of carboxylic acid groups (broad SMARTS) is 1. The maximum absolute atomic E-state index is 12.9. The standard InChI is InChI=1S/C18H22N6O9S/c1-7-13(16(28)24(7)33-8(2)17(29)30)21-15(27)14(10-6-34-18(19)20-10)22-32-5-9-3-11(25)12(26)4-23(9)31/h4,6-9,13,26,31H,3,5H2,1-2H3,(H2,19,20)(H,21,27)(H,29,30)/b22-14-/t7-,8-,9?,13-/m0/s1. The van der Waals surface area contributed by atoms with Gasteiger partial charge < -0.3 is 26.1 Å². The van der Waals surface area contributed by atoms with E-state index >= 15 is 0 Å². The predicted octanol–water partition coefficient (Wildman–Crippen LogP) is -1.00. The summed E-state index contributed by atoms with van der Waals surface area (Å²) >= 11 is 1.03. The number of amides is 2. The van der Waals surface area contributed by atoms with Crippen LogP contribution in [0.1, 0.15) is 26.0 Å². The number of thiazole rings is 1. The number of aliphatic hydroxyl groups excluding tert-OH is 1. The van der Waals surface area contributed by atoms with Gasteiger partial charge in [0.2, 0.25) is 5.78 Å². The van der Waals surface area contributed by atoms with Crippen LogP contribution >= 0.6 is 11.3 Å². The number of hydrogen-bond acceptors (Lipinski definition) is 13. The van der Waals surface area contributed by atoms with Crippen molar-refractivity contribution in [2.45, 2.75) is 44.5 Å². The fraction of sp³-hybridized carbons (Fsp3) is 0.444. The number of β-lactam (4-membered cyclic amide) rings is 1. The third-order valence-corrected chi connectivity index (χ3v) is 5.65. The third kappa shape index (κ3) is 5.24. The van der Waals surface area contributed by atoms with E-state index in [1.54, 1.807) is 6.92 Å². The Hall–Kier alpha value is -3.76. The summed E-state index contributed by atoms with van der Waals surface area (Å²) in [4.78, 5) is 62.0. The van der Waals surface area contributed by atoms with Crippen molar-refractivity contribution in [1.29, 1.82) is 0 Å². The molecule has 2 aliphatic heterocycles. The molecule has 1 saturated heterocycles. The normalized spacial score (nSPS) is 23.8. The molecular weight excluding hydrogens is 476 g/mol. The van der Waals surface area contributed by atoms with Gasteiger partial charge >= 0.3 is 5.97 Å². The van der Waals surface area contributed by atoms with Crippen molar-refractivity contribution in [1.82, 2.24) is 20.4 Å². The lowest BCUT2D eigenvalue weighted by Crippen LogP contribution is -2.70. The van der Waals surface area contributed by atoms with Gasteiger partial charge in [0.1, 0.15) is 18.3 Å². The topological polar surface area (TPSA) is 217 Å². The molecule has 0 spiro atoms. The molecule has 1 unspecified atom stereocenters. The highest BCUT2D eigenvalue weighted by molar-refractivity contribution is 7.13. The molecule has 1 aromatic rings. The highest BCUT2D eigenvalue weighted by atomic mass is 32.1. The van der Waals surface area contributed by atoms with Gasteiger partial charge in [0.25, 0.3) is 11.8 Å². The lowest BCUT2D eigenvalue weighted by Gasteiger charge is -2.44. The minimum Gasteiger partial charge on any atom is -0.503 e. The van der Waals surface area contributed by atoms with Crippen LogP contribution in [0, 0.1) is 0 Å². The van der Waals surface area contributed by atoms with Crippen LogP contribution in [-0.4, -0.2) is 90.6 Å². The summed E-state index contributed by atoms with van der Waals surface area (Å²) in [6.07, 6.45) is -0.680. The monoisotopic (exact) mass is 498 g/mol. The Balaban J connectivity index is 1.68. The summed E-state index contributed by atoms with van der Waals surface area (Å²) in [7, 11) is 0. The zero-order chi connectivity index (χ0) is 25.2. The van der Waals surface area contributed by atoms with E-state index in [4.69, 9.17) is 20.5 Å². The molecule has 6 N–H and O–H groups in total. The molecule has 0 aromatic carbocycles. The fourth-order valence-electron chi connectivity index (χ4n) is 2.99. The Kier molecular flexibility index (Phi) is 7.33. The number of hydrogen-bond donors (Lipinski definition) is 5. The van der Waals surface area contributed by atoms with Crippen molar-refractivity contribution in [3.05, 3.63) is 23.0 Å². The quantitative estimate of drug-likeness (QED) is 0.157. The first-order valence-electron chi connectivity index (χ1n) is 9.85. The molecule has 2 aliphatic rings. The van der Waals surface area contributed by atoms with Gasteiger partial charge in [-0.15, -0.1) is 11.3 Å². The van der Waals surface area contributed by atoms with Gasteiger partial charge in [-0.05, 0) is 13.8 Å². The van der Waals surface area contributed by atoms with E-state index in [1.807, 2.05) is 0 Å². The molecule has 34 heavy (non-hydrogen) atoms. The zero-order valence-electron chi connectivity index (χ0n) is 17.9. The number of nitrogen functional groups attached to an aromatic ring is 1. The average molecular weight is 498 g/mol. The van der Waals surface area contributed by atoms with Crippen molar-refractivity contribution in [3.63, 3.8) is 0 Å². The Morgan fingerprint density at radius 1 is 1.44 bits per heavy atom. The molecule has 16 heteroatoms. The number of Topliss-reactive ketones (excluding diaryl/α,β-unsaturated/α-hetero) is 1. The summed E-state index contributed by atoms with van der Waals surface area (Å²) in [6, 6.07) is -2.56. The van der Waals surface area contributed by atoms with Crippen molar-refractivity contribution in [2.75, 3.05) is 12.3 Å². The smallest absolute Gasteiger partial charge is 0.335 e. The van der Waals surface area contributed by atoms with E-state index in [2.05, 4.69) is 15.5 Å². The summed E-state index contributed by atoms with van der Waals surface area (Å²) in [5, 5.41) is 37.3. The number of aliphatic carboxylic acids is 1. The van der Waals surface area contributed by atoms with Crippen LogP contribution in [-0.2, 0) is 28.9 Å². The lowest BCUT2D eigenvalue weighted by atomic mass is 9.99. The fourth-order valence-corrected chi connectivity index (χ4v) is 3.54. The van der Waals surface area contributed by atoms with Gasteiger partial charge in [-0.1, -0.05) is 5.16 Å². The van der Waals surface area contributed by atoms with E-state index in [0.29, 0.717) is 5.06 Å². The van der Waals surface area contributed by atoms with E-state index in [0.717, 1.165) is 22.6 Å². The molecule has 3 heterocycles. The molecule has 1 aromatic heterocycles. The van der Waals surface area contributed by atoms with Gasteiger partial charge in [0.15, 0.2) is 22.7 Å². The van der Waals surface area contributed by atoms with Gasteiger partial charge in [-0.3, -0.25) is 29.5 Å². The third-order valence-electron chi connectivity index (χ3n) is 4.98. The molecule has 184 valence electrons. The number of oxime groups is 1. The summed E-state index contributed by atoms with van der Waals surface area (Å²) in [5.41, 5.74) is 5.36. The Morgan fingerprint density at radius 2 is 2.15 bits per heavy atom. The van der Waals surface area contributed by atoms with Crippen LogP contribution in [0.2, 0.25) is 0 Å². The summed E-state index contributed by atoms with van der Waals surface area (Å²) in [6.45, 7) is 2.48. The SMILES string of the molecule is C[C@H](ON1C(=O)[C@@H](NC(=O)/C(=N\OCC2CC(=O)C(O)=CN2O)c2csc(N)n2)[C@@H]1C)C(=O)O. The molecule has 3 rings (SSSR count). The summed E-state index contributed by atoms with van der Waals surface area (Å²) < 4.78 is 0. The number of nitrogens with one attached hydrogen (secondary N) is 1. The zero-order valence-corrected chi connectivity index (χ0v) is 18.8. The van der Waals surface area contributed by atoms with E-state index in [9.17, 15) is 29.5 Å². The average Bonchev–Trinajstić information content (AvgIpc) is 3.21. The van der Waals surface area contributed by atoms with Crippen LogP contribution in [0.4, 0.5) is 5.13 Å². The molecule has 15 nitrogen and oxygen atoms in total. The number of carbonyl (C=O) groups excluding carboxylic acids is 3. The van der Waals surface area contributed by atoms with Gasteiger partial charge in [0.05, 0.1) is 18.3 Å². The van der Waals surface area contributed by atoms with Crippen molar-refractivity contribution >= 4 is 45.7 Å². The number of carboxylic acids is 1. The Bertz CT molecular complexity index is 1060. The molecular formula is C18H22N6O9S. The molecule has 0 bridgehead atoms. The molecule has 0 saturated carbocycles. The van der Waals surface area contributed by atoms with Crippen LogP contribution < -0.4 is 11.1 Å². The van der Waals surface area contributed by atoms with E-state index < -0.39 is 53.6 Å². The predicted molar refractivity (Wildman–Crippen MR) is 113 cm³/mol. The first-order valence-corrected chi connectivity index (χ1v) is 10.7. The first-order chi connectivity index (χ1) is 16.0. The molecule has 0 aliphatic carbocycles. The second kappa shape index (κ2) is 10.0. The number of nitrogens with two attached hydrogens (primary N) is 1. The summed E-state index contributed by atoms with van der Waals surface area (Å²) in [5.74, 6) is -3.95. The van der Waals surface area contributed by atoms with Crippen molar-refractivity contribution < 1.29 is 44.3 Å². The van der Waals surface area contributed by atoms with Crippen molar-refractivity contribution in [3.8, 4) is 0 Å². The van der Waals surface area contributed by atoms with E-state index in [1.165, 1.54) is 12.3 Å². The Morgan fingerprint density at radius 3 is 2.74 bits per heavy atom. The number of carbonyl (C=O) groups is 4. The largest absolute Gasteiger partial charge is 0.503 e. The molecule has 1 fully saturated rings. The van der Waals surface area contributed by atoms with Crippen LogP contribution in [0.5, 0.6) is 0 Å². The van der Waals surface area contributed by atoms with Crippen molar-refractivity contribution in [2.24, 2.45) is 5.16 Å². The number of nitrogens with zero attached hydrogens (tertiary/aromatic N) is 4. The minimum absolute atomic E-state index is 0.0603. The number of anilines is 1. The molecule has 0 radical (unpaired) electrons. The minimum atomic E-state index is -1.26. The highest BCUT2D eigenvalue weighted by Crippen LogP contribution is 2.22. The number of aliphatic hydroxyl groups is 1. The maximum atomic E-state index is 12.9. The highest BCUT2D eigenvalue weighted by Gasteiger charge is 2.48. The first kappa shape index (κ1) is 24.9. The maximum Gasteiger partial charge on any atom is 0.335 e. The van der Waals surface area contributed by atoms with Crippen LogP contribution in [0.25, 0.3) is 0 Å². The second-order valence-corrected chi connectivity index (χ2v) is 8.31. The lowest BCUT2D eigenvalue weighted by molar-refractivity contribution is -0.249. The second-order valence-electron chi connectivity index (χ2n) is 7.42. The van der Waals surface area contributed by atoms with Crippen LogP contribution in [0.3, 0.4) is 0 Å². The number of ketones is 1. The Labute approximate surface area is 195 Å². The number of hydroxylamine groups is 4. The molecule has 2 amide bonds. The number of aromatic nitrogens is 1. The molecule has 4 atom stereocenters. The number of rotatable bonds is 9. The van der Waals surface area contributed by atoms with Crippen LogP contribution in [0.15, 0.2) is 22.5 Å². The van der Waals surface area contributed by atoms with Gasteiger partial charge in [-0.2, -0.15) is 0 Å². The van der Waals surface area contributed by atoms with Gasteiger partial charge in [-0.25, -0.2) is 14.8 Å². The van der Waals surface area contributed by atoms with E-state index in [-0.39, 0.29) is 29.6 Å².